The molecule has 134 valence electrons. The number of amides is 2. The molecule has 2 unspecified atom stereocenters. The highest BCUT2D eigenvalue weighted by atomic mass is 19.3. The average Bonchev–Trinajstić information content (AvgIpc) is 2.98. The lowest BCUT2D eigenvalue weighted by molar-refractivity contribution is -0.160. The lowest BCUT2D eigenvalue weighted by atomic mass is 10.1. The zero-order valence-electron chi connectivity index (χ0n) is 13.3. The van der Waals surface area contributed by atoms with Crippen LogP contribution in [0, 0.1) is 0 Å². The van der Waals surface area contributed by atoms with Crippen LogP contribution in [0.4, 0.5) is 14.5 Å². The van der Waals surface area contributed by atoms with Crippen LogP contribution in [0.1, 0.15) is 24.8 Å². The van der Waals surface area contributed by atoms with Crippen molar-refractivity contribution in [2.45, 2.75) is 38.0 Å². The van der Waals surface area contributed by atoms with Crippen LogP contribution in [0.2, 0.25) is 0 Å². The molecule has 0 aromatic heterocycles. The van der Waals surface area contributed by atoms with Gasteiger partial charge in [0.15, 0.2) is 6.61 Å². The molecule has 6 nitrogen and oxygen atoms in total. The van der Waals surface area contributed by atoms with Crippen molar-refractivity contribution >= 4 is 23.6 Å². The molecule has 0 spiro atoms. The van der Waals surface area contributed by atoms with Crippen LogP contribution >= 0.6 is 0 Å². The highest BCUT2D eigenvalue weighted by Gasteiger charge is 2.28. The number of carbonyl (C=O) groups excluding carboxylic acids is 2. The van der Waals surface area contributed by atoms with E-state index in [1.54, 1.807) is 24.3 Å². The minimum atomic E-state index is -2.78. The smallest absolute Gasteiger partial charge is 0.345 e. The maximum Gasteiger partial charge on any atom is 0.345 e. The molecule has 0 bridgehead atoms. The summed E-state index contributed by atoms with van der Waals surface area (Å²) in [5, 5.41) is 5.47. The van der Waals surface area contributed by atoms with Gasteiger partial charge in [-0.1, -0.05) is 6.07 Å². The molecular weight excluding hydrogens is 334 g/mol. The number of alkyl halides is 2. The third-order valence-corrected chi connectivity index (χ3v) is 4.09. The van der Waals surface area contributed by atoms with Gasteiger partial charge in [0.05, 0.1) is 11.8 Å². The largest absolute Gasteiger partial charge is 0.482 e. The van der Waals surface area contributed by atoms with Gasteiger partial charge in [-0.2, -0.15) is 8.78 Å². The fraction of sp³-hybridized carbons (Fsp3) is 0.412. The number of halogens is 2. The predicted octanol–water partition coefficient (Wildman–Crippen LogP) is 2.31. The zero-order valence-corrected chi connectivity index (χ0v) is 13.3. The van der Waals surface area contributed by atoms with E-state index in [0.717, 1.165) is 5.56 Å². The highest BCUT2D eigenvalue weighted by molar-refractivity contribution is 5.96. The third kappa shape index (κ3) is 4.76. The molecule has 1 aromatic rings. The molecule has 1 fully saturated rings. The summed E-state index contributed by atoms with van der Waals surface area (Å²) in [7, 11) is 0. The average molecular weight is 352 g/mol. The van der Waals surface area contributed by atoms with Crippen molar-refractivity contribution < 1.29 is 27.8 Å². The zero-order chi connectivity index (χ0) is 17.8. The molecule has 8 heteroatoms. The summed E-state index contributed by atoms with van der Waals surface area (Å²) in [5.74, 6) is 0.0473. The normalized spacial score (nSPS) is 22.6. The van der Waals surface area contributed by atoms with E-state index in [1.807, 2.05) is 0 Å². The van der Waals surface area contributed by atoms with Crippen LogP contribution < -0.4 is 15.4 Å². The van der Waals surface area contributed by atoms with E-state index in [1.165, 1.54) is 6.08 Å². The number of hydrogen-bond acceptors (Lipinski definition) is 4. The standard InChI is InChI=1S/C17H18F2N2O4/c18-17(19)25-12-4-3-11(8-12)20-15(22)6-2-10-1-5-14-13(7-10)21-16(23)9-24-14/h1-2,5-7,11-12,17H,3-4,8-9H2,(H,20,22)(H,21,23)/b6-2+. The first-order chi connectivity index (χ1) is 12.0. The number of nitrogens with one attached hydrogen (secondary N) is 2. The lowest BCUT2D eigenvalue weighted by Gasteiger charge is -2.17. The maximum absolute atomic E-state index is 12.2. The van der Waals surface area contributed by atoms with Gasteiger partial charge < -0.3 is 20.1 Å². The first-order valence-corrected chi connectivity index (χ1v) is 7.98. The first-order valence-electron chi connectivity index (χ1n) is 7.98. The van der Waals surface area contributed by atoms with E-state index >= 15 is 0 Å². The summed E-state index contributed by atoms with van der Waals surface area (Å²) in [6.07, 6.45) is 3.96. The Bertz CT molecular complexity index is 693. The third-order valence-electron chi connectivity index (χ3n) is 4.09. The second-order valence-electron chi connectivity index (χ2n) is 5.96. The molecule has 25 heavy (non-hydrogen) atoms. The Kier molecular flexibility index (Phi) is 5.28. The summed E-state index contributed by atoms with van der Waals surface area (Å²) in [6, 6.07) is 5.02. The monoisotopic (exact) mass is 352 g/mol. The summed E-state index contributed by atoms with van der Waals surface area (Å²) >= 11 is 0. The van der Waals surface area contributed by atoms with Crippen LogP contribution in [-0.4, -0.2) is 37.2 Å². The number of ether oxygens (including phenoxy) is 2. The summed E-state index contributed by atoms with van der Waals surface area (Å²) in [6.45, 7) is -2.80. The maximum atomic E-state index is 12.2. The Morgan fingerprint density at radius 2 is 2.24 bits per heavy atom. The highest BCUT2D eigenvalue weighted by Crippen LogP contribution is 2.29. The van der Waals surface area contributed by atoms with Crippen molar-refractivity contribution in [1.82, 2.24) is 5.32 Å². The molecule has 3 rings (SSSR count). The quantitative estimate of drug-likeness (QED) is 0.798. The number of benzene rings is 1. The van der Waals surface area contributed by atoms with Crippen molar-refractivity contribution in [2.24, 2.45) is 0 Å². The van der Waals surface area contributed by atoms with E-state index < -0.39 is 12.7 Å². The van der Waals surface area contributed by atoms with Crippen molar-refractivity contribution in [3.8, 4) is 5.75 Å². The van der Waals surface area contributed by atoms with Crippen molar-refractivity contribution in [3.63, 3.8) is 0 Å². The molecule has 1 heterocycles. The summed E-state index contributed by atoms with van der Waals surface area (Å²) in [5.41, 5.74) is 1.28. The number of carbonyl (C=O) groups is 2. The molecule has 1 aliphatic carbocycles. The second-order valence-corrected chi connectivity index (χ2v) is 5.96. The van der Waals surface area contributed by atoms with E-state index in [-0.39, 0.29) is 24.5 Å². The van der Waals surface area contributed by atoms with Crippen LogP contribution in [0.3, 0.4) is 0 Å². The molecule has 0 saturated heterocycles. The Balaban J connectivity index is 1.53. The van der Waals surface area contributed by atoms with Gasteiger partial charge in [-0.15, -0.1) is 0 Å². The number of rotatable bonds is 5. The molecule has 2 atom stereocenters. The summed E-state index contributed by atoms with van der Waals surface area (Å²) in [4.78, 5) is 23.3. The second kappa shape index (κ2) is 7.60. The molecule has 1 aromatic carbocycles. The van der Waals surface area contributed by atoms with E-state index in [4.69, 9.17) is 4.74 Å². The molecule has 2 aliphatic rings. The minimum Gasteiger partial charge on any atom is -0.482 e. The van der Waals surface area contributed by atoms with E-state index in [9.17, 15) is 18.4 Å². The van der Waals surface area contributed by atoms with Crippen LogP contribution in [0.25, 0.3) is 6.08 Å². The lowest BCUT2D eigenvalue weighted by Crippen LogP contribution is -2.32. The molecule has 1 aliphatic heterocycles. The van der Waals surface area contributed by atoms with Crippen molar-refractivity contribution in [3.05, 3.63) is 29.8 Å². The van der Waals surface area contributed by atoms with Gasteiger partial charge in [0.1, 0.15) is 5.75 Å². The predicted molar refractivity (Wildman–Crippen MR) is 86.3 cm³/mol. The van der Waals surface area contributed by atoms with Gasteiger partial charge in [0.2, 0.25) is 5.91 Å². The Labute approximate surface area is 143 Å². The van der Waals surface area contributed by atoms with Crippen LogP contribution in [0.5, 0.6) is 5.75 Å². The Hall–Kier alpha value is -2.48. The fourth-order valence-corrected chi connectivity index (χ4v) is 2.97. The molecule has 2 amide bonds. The van der Waals surface area contributed by atoms with Gasteiger partial charge in [0, 0.05) is 12.1 Å². The number of fused-ring (bicyclic) bond motifs is 1. The first kappa shape index (κ1) is 17.3. The topological polar surface area (TPSA) is 76.7 Å². The number of anilines is 1. The molecule has 2 N–H and O–H groups in total. The SMILES string of the molecule is O=C(/C=C/c1ccc2c(c1)NC(=O)CO2)NC1CCC(OC(F)F)C1. The molecule has 0 radical (unpaired) electrons. The van der Waals surface area contributed by atoms with E-state index in [0.29, 0.717) is 30.7 Å². The van der Waals surface area contributed by atoms with Crippen molar-refractivity contribution in [2.75, 3.05) is 11.9 Å². The molecular formula is C17H18F2N2O4. The Morgan fingerprint density at radius 1 is 1.40 bits per heavy atom. The Morgan fingerprint density at radius 3 is 3.04 bits per heavy atom. The van der Waals surface area contributed by atoms with E-state index in [2.05, 4.69) is 15.4 Å². The van der Waals surface area contributed by atoms with Crippen LogP contribution in [-0.2, 0) is 14.3 Å². The van der Waals surface area contributed by atoms with Gasteiger partial charge in [-0.3, -0.25) is 9.59 Å². The summed E-state index contributed by atoms with van der Waals surface area (Å²) < 4.78 is 34.1. The van der Waals surface area contributed by atoms with Gasteiger partial charge in [-0.05, 0) is 43.0 Å². The van der Waals surface area contributed by atoms with Gasteiger partial charge in [-0.25, -0.2) is 0 Å². The van der Waals surface area contributed by atoms with Gasteiger partial charge >= 0.3 is 6.61 Å². The van der Waals surface area contributed by atoms with Crippen molar-refractivity contribution in [1.29, 1.82) is 0 Å². The molecule has 1 saturated carbocycles. The number of hydrogen-bond donors (Lipinski definition) is 2. The minimum absolute atomic E-state index is 0.0117. The fourth-order valence-electron chi connectivity index (χ4n) is 2.97. The van der Waals surface area contributed by atoms with Crippen LogP contribution in [0.15, 0.2) is 24.3 Å². The van der Waals surface area contributed by atoms with Gasteiger partial charge in [0.25, 0.3) is 5.91 Å².